The highest BCUT2D eigenvalue weighted by molar-refractivity contribution is 7.19. The summed E-state index contributed by atoms with van der Waals surface area (Å²) in [6, 6.07) is 1.86. The number of aromatic nitrogens is 1. The van der Waals surface area contributed by atoms with E-state index in [0.29, 0.717) is 12.3 Å². The third-order valence-corrected chi connectivity index (χ3v) is 3.60. The summed E-state index contributed by atoms with van der Waals surface area (Å²) in [5, 5.41) is 0. The average Bonchev–Trinajstić information content (AvgIpc) is 2.70. The van der Waals surface area contributed by atoms with E-state index in [-0.39, 0.29) is 5.97 Å². The fourth-order valence-corrected chi connectivity index (χ4v) is 2.60. The van der Waals surface area contributed by atoms with Crippen molar-refractivity contribution in [2.45, 2.75) is 20.8 Å². The van der Waals surface area contributed by atoms with Crippen molar-refractivity contribution in [1.29, 1.82) is 0 Å². The monoisotopic (exact) mass is 223 g/mol. The fourth-order valence-electron chi connectivity index (χ4n) is 1.53. The second-order valence-corrected chi connectivity index (χ2v) is 4.68. The van der Waals surface area contributed by atoms with Crippen LogP contribution in [0.2, 0.25) is 0 Å². The van der Waals surface area contributed by atoms with Crippen molar-refractivity contribution >= 4 is 27.5 Å². The summed E-state index contributed by atoms with van der Waals surface area (Å²) < 4.78 is 6.05. The Bertz CT molecular complexity index is 510. The average molecular weight is 223 g/mol. The number of aryl methyl sites for hydroxylation is 2. The number of carbonyl (C=O) groups is 1. The molecule has 0 unspecified atom stereocenters. The summed E-state index contributed by atoms with van der Waals surface area (Å²) in [4.78, 5) is 15.8. The Labute approximate surface area is 92.1 Å². The van der Waals surface area contributed by atoms with Crippen LogP contribution >= 0.6 is 11.3 Å². The van der Waals surface area contributed by atoms with Crippen molar-refractivity contribution in [3.05, 3.63) is 22.2 Å². The molecule has 2 aromatic heterocycles. The van der Waals surface area contributed by atoms with Crippen LogP contribution in [-0.2, 0) is 4.74 Å². The van der Waals surface area contributed by atoms with Gasteiger partial charge in [0.25, 0.3) is 0 Å². The number of hydrogen-bond donors (Lipinski definition) is 1. The number of ether oxygens (including phenoxy) is 1. The van der Waals surface area contributed by atoms with Crippen LogP contribution in [-0.4, -0.2) is 17.6 Å². The topological polar surface area (TPSA) is 42.1 Å². The molecular formula is C11H13NO2S. The minimum atomic E-state index is -0.280. The molecule has 0 aromatic carbocycles. The van der Waals surface area contributed by atoms with E-state index in [4.69, 9.17) is 4.74 Å². The van der Waals surface area contributed by atoms with Gasteiger partial charge in [0.1, 0.15) is 5.69 Å². The van der Waals surface area contributed by atoms with Crippen LogP contribution in [0, 0.1) is 13.8 Å². The van der Waals surface area contributed by atoms with Crippen LogP contribution in [0.3, 0.4) is 0 Å². The van der Waals surface area contributed by atoms with Crippen LogP contribution in [0.1, 0.15) is 27.9 Å². The molecule has 0 fully saturated rings. The number of aromatic amines is 1. The van der Waals surface area contributed by atoms with Gasteiger partial charge in [-0.25, -0.2) is 4.79 Å². The number of H-pyrrole nitrogens is 1. The van der Waals surface area contributed by atoms with E-state index in [1.165, 1.54) is 10.4 Å². The smallest absolute Gasteiger partial charge is 0.354 e. The molecule has 0 aliphatic carbocycles. The summed E-state index contributed by atoms with van der Waals surface area (Å²) in [6.45, 7) is 6.35. The van der Waals surface area contributed by atoms with E-state index in [2.05, 4.69) is 18.8 Å². The highest BCUT2D eigenvalue weighted by atomic mass is 32.1. The summed E-state index contributed by atoms with van der Waals surface area (Å²) in [7, 11) is 0. The minimum absolute atomic E-state index is 0.280. The minimum Gasteiger partial charge on any atom is -0.461 e. The second kappa shape index (κ2) is 3.70. The normalized spacial score (nSPS) is 10.9. The molecule has 2 rings (SSSR count). The molecular weight excluding hydrogens is 210 g/mol. The van der Waals surface area contributed by atoms with E-state index < -0.39 is 0 Å². The quantitative estimate of drug-likeness (QED) is 0.795. The zero-order valence-corrected chi connectivity index (χ0v) is 9.83. The van der Waals surface area contributed by atoms with Crippen LogP contribution < -0.4 is 0 Å². The van der Waals surface area contributed by atoms with Crippen LogP contribution in [0.4, 0.5) is 0 Å². The second-order valence-electron chi connectivity index (χ2n) is 3.43. The highest BCUT2D eigenvalue weighted by Gasteiger charge is 2.13. The van der Waals surface area contributed by atoms with Gasteiger partial charge in [0.2, 0.25) is 0 Å². The van der Waals surface area contributed by atoms with E-state index in [1.54, 1.807) is 18.3 Å². The van der Waals surface area contributed by atoms with E-state index in [1.807, 2.05) is 6.07 Å². The molecule has 0 bridgehead atoms. The van der Waals surface area contributed by atoms with Crippen molar-refractivity contribution in [1.82, 2.24) is 4.98 Å². The third kappa shape index (κ3) is 1.65. The lowest BCUT2D eigenvalue weighted by atomic mass is 10.3. The number of esters is 1. The lowest BCUT2D eigenvalue weighted by Gasteiger charge is -1.97. The molecule has 0 saturated carbocycles. The number of nitrogens with one attached hydrogen (secondary N) is 1. The summed E-state index contributed by atoms with van der Waals surface area (Å²) in [5.74, 6) is -0.280. The molecule has 0 aliphatic heterocycles. The van der Waals surface area contributed by atoms with Gasteiger partial charge in [-0.1, -0.05) is 0 Å². The predicted molar refractivity (Wildman–Crippen MR) is 61.6 cm³/mol. The van der Waals surface area contributed by atoms with Crippen molar-refractivity contribution < 1.29 is 9.53 Å². The summed E-state index contributed by atoms with van der Waals surface area (Å²) >= 11 is 1.70. The van der Waals surface area contributed by atoms with Gasteiger partial charge in [0.05, 0.1) is 16.8 Å². The Morgan fingerprint density at radius 1 is 1.53 bits per heavy atom. The molecule has 0 radical (unpaired) electrons. The van der Waals surface area contributed by atoms with Crippen LogP contribution in [0.15, 0.2) is 6.07 Å². The highest BCUT2D eigenvalue weighted by Crippen LogP contribution is 2.30. The fraction of sp³-hybridized carbons (Fsp3) is 0.364. The standard InChI is InChI=1S/C11H13NO2S/c1-4-14-11(13)8-5-9-10(12-8)6(2)7(3)15-9/h5,12H,4H2,1-3H3. The molecule has 0 amide bonds. The SMILES string of the molecule is CCOC(=O)c1cc2sc(C)c(C)c2[nH]1. The first-order chi connectivity index (χ1) is 7.13. The zero-order chi connectivity index (χ0) is 11.0. The molecule has 4 heteroatoms. The van der Waals surface area contributed by atoms with Crippen molar-refractivity contribution in [2.24, 2.45) is 0 Å². The van der Waals surface area contributed by atoms with Gasteiger partial charge in [-0.05, 0) is 32.4 Å². The van der Waals surface area contributed by atoms with Gasteiger partial charge < -0.3 is 9.72 Å². The maximum atomic E-state index is 11.5. The van der Waals surface area contributed by atoms with Gasteiger partial charge in [0, 0.05) is 4.88 Å². The molecule has 1 N–H and O–H groups in total. The van der Waals surface area contributed by atoms with Crippen LogP contribution in [0.25, 0.3) is 10.2 Å². The largest absolute Gasteiger partial charge is 0.461 e. The Kier molecular flexibility index (Phi) is 2.52. The first-order valence-electron chi connectivity index (χ1n) is 4.89. The predicted octanol–water partition coefficient (Wildman–Crippen LogP) is 3.02. The Morgan fingerprint density at radius 2 is 2.27 bits per heavy atom. The number of fused-ring (bicyclic) bond motifs is 1. The number of rotatable bonds is 2. The zero-order valence-electron chi connectivity index (χ0n) is 9.01. The van der Waals surface area contributed by atoms with E-state index in [9.17, 15) is 4.79 Å². The molecule has 2 aromatic rings. The van der Waals surface area contributed by atoms with Gasteiger partial charge in [0.15, 0.2) is 0 Å². The van der Waals surface area contributed by atoms with Gasteiger partial charge in [-0.3, -0.25) is 0 Å². The summed E-state index contributed by atoms with van der Waals surface area (Å²) in [6.07, 6.45) is 0. The molecule has 2 heterocycles. The molecule has 3 nitrogen and oxygen atoms in total. The number of carbonyl (C=O) groups excluding carboxylic acids is 1. The maximum absolute atomic E-state index is 11.5. The van der Waals surface area contributed by atoms with Crippen molar-refractivity contribution in [3.63, 3.8) is 0 Å². The number of hydrogen-bond acceptors (Lipinski definition) is 3. The molecule has 80 valence electrons. The Balaban J connectivity index is 2.44. The lowest BCUT2D eigenvalue weighted by Crippen LogP contribution is -2.04. The van der Waals surface area contributed by atoms with E-state index in [0.717, 1.165) is 10.2 Å². The first kappa shape index (κ1) is 10.2. The van der Waals surface area contributed by atoms with Gasteiger partial charge in [-0.15, -0.1) is 11.3 Å². The number of thiophene rings is 1. The molecule has 0 aliphatic rings. The van der Waals surface area contributed by atoms with Crippen molar-refractivity contribution in [3.8, 4) is 0 Å². The van der Waals surface area contributed by atoms with Gasteiger partial charge >= 0.3 is 5.97 Å². The molecule has 0 spiro atoms. The summed E-state index contributed by atoms with van der Waals surface area (Å²) in [5.41, 5.74) is 2.81. The lowest BCUT2D eigenvalue weighted by molar-refractivity contribution is 0.0520. The third-order valence-electron chi connectivity index (χ3n) is 2.44. The van der Waals surface area contributed by atoms with Gasteiger partial charge in [-0.2, -0.15) is 0 Å². The Hall–Kier alpha value is -1.29. The first-order valence-corrected chi connectivity index (χ1v) is 5.71. The molecule has 0 atom stereocenters. The van der Waals surface area contributed by atoms with E-state index >= 15 is 0 Å². The molecule has 15 heavy (non-hydrogen) atoms. The van der Waals surface area contributed by atoms with Crippen molar-refractivity contribution in [2.75, 3.05) is 6.61 Å². The van der Waals surface area contributed by atoms with Crippen LogP contribution in [0.5, 0.6) is 0 Å². The maximum Gasteiger partial charge on any atom is 0.354 e. The Morgan fingerprint density at radius 3 is 2.87 bits per heavy atom. The molecule has 0 saturated heterocycles.